The van der Waals surface area contributed by atoms with E-state index in [1.807, 2.05) is 55.1 Å². The summed E-state index contributed by atoms with van der Waals surface area (Å²) in [5.41, 5.74) is 5.03. The number of nitrogens with zero attached hydrogens (tertiary/aromatic N) is 3. The normalized spacial score (nSPS) is 22.3. The Balaban J connectivity index is 1.22. The summed E-state index contributed by atoms with van der Waals surface area (Å²) in [6, 6.07) is 20.7. The van der Waals surface area contributed by atoms with Crippen LogP contribution < -0.4 is 24.6 Å². The summed E-state index contributed by atoms with van der Waals surface area (Å²) in [6.45, 7) is 9.68. The van der Waals surface area contributed by atoms with E-state index in [1.165, 1.54) is 44.5 Å². The SMILES string of the molecule is COc1cc2c(cc1OC(C)C)[C@H](c1ccc(Cl)cc1)N(c1ccc(N(C)C[C@H]3CC[C@H](N4CCNCC4)CC3)cc1)C(=O)C2. The molecule has 7 nitrogen and oxygen atoms in total. The number of piperazine rings is 1. The Morgan fingerprint density at radius 1 is 0.956 bits per heavy atom. The fourth-order valence-corrected chi connectivity index (χ4v) is 7.56. The van der Waals surface area contributed by atoms with Crippen molar-refractivity contribution in [3.63, 3.8) is 0 Å². The third-order valence-electron chi connectivity index (χ3n) is 9.72. The Labute approximate surface area is 273 Å². The topological polar surface area (TPSA) is 57.3 Å². The number of rotatable bonds is 9. The third-order valence-corrected chi connectivity index (χ3v) is 9.97. The van der Waals surface area contributed by atoms with E-state index in [1.54, 1.807) is 7.11 Å². The van der Waals surface area contributed by atoms with Gasteiger partial charge in [0, 0.05) is 62.2 Å². The predicted molar refractivity (Wildman–Crippen MR) is 183 cm³/mol. The number of fused-ring (bicyclic) bond motifs is 1. The van der Waals surface area contributed by atoms with Crippen LogP contribution in [0.2, 0.25) is 5.02 Å². The number of benzene rings is 3. The molecule has 0 unspecified atom stereocenters. The van der Waals surface area contributed by atoms with Gasteiger partial charge in [-0.2, -0.15) is 0 Å². The minimum absolute atomic E-state index is 0.0148. The number of ether oxygens (including phenoxy) is 2. The number of anilines is 2. The van der Waals surface area contributed by atoms with Gasteiger partial charge >= 0.3 is 0 Å². The van der Waals surface area contributed by atoms with Crippen molar-refractivity contribution in [3.8, 4) is 11.5 Å². The number of halogens is 1. The maximum Gasteiger partial charge on any atom is 0.232 e. The monoisotopic (exact) mass is 630 g/mol. The van der Waals surface area contributed by atoms with Crippen LogP contribution in [0, 0.1) is 5.92 Å². The molecule has 45 heavy (non-hydrogen) atoms. The van der Waals surface area contributed by atoms with Crippen LogP contribution in [0.4, 0.5) is 11.4 Å². The van der Waals surface area contributed by atoms with Crippen molar-refractivity contribution in [3.05, 3.63) is 82.4 Å². The second-order valence-corrected chi connectivity index (χ2v) is 13.6. The lowest BCUT2D eigenvalue weighted by Crippen LogP contribution is -2.49. The number of hydrogen-bond acceptors (Lipinski definition) is 6. The van der Waals surface area contributed by atoms with Gasteiger partial charge in [-0.15, -0.1) is 0 Å². The van der Waals surface area contributed by atoms with E-state index in [4.69, 9.17) is 21.1 Å². The quantitative estimate of drug-likeness (QED) is 0.284. The summed E-state index contributed by atoms with van der Waals surface area (Å²) in [4.78, 5) is 20.9. The molecule has 1 amide bonds. The fourth-order valence-electron chi connectivity index (χ4n) is 7.43. The average Bonchev–Trinajstić information content (AvgIpc) is 3.05. The van der Waals surface area contributed by atoms with Gasteiger partial charge in [-0.25, -0.2) is 0 Å². The summed E-state index contributed by atoms with van der Waals surface area (Å²) in [6.07, 6.45) is 5.45. The predicted octanol–water partition coefficient (Wildman–Crippen LogP) is 6.71. The van der Waals surface area contributed by atoms with Crippen LogP contribution in [-0.2, 0) is 11.2 Å². The number of amides is 1. The second-order valence-electron chi connectivity index (χ2n) is 13.1. The van der Waals surface area contributed by atoms with Crippen LogP contribution in [-0.4, -0.2) is 69.8 Å². The Hall–Kier alpha value is -3.26. The maximum atomic E-state index is 13.9. The van der Waals surface area contributed by atoms with Crippen LogP contribution in [0.1, 0.15) is 62.3 Å². The summed E-state index contributed by atoms with van der Waals surface area (Å²) in [7, 11) is 3.83. The molecule has 1 atom stereocenters. The molecule has 0 radical (unpaired) electrons. The molecule has 1 N–H and O–H groups in total. The number of hydrogen-bond donors (Lipinski definition) is 1. The van der Waals surface area contributed by atoms with E-state index in [-0.39, 0.29) is 24.5 Å². The van der Waals surface area contributed by atoms with Gasteiger partial charge in [0.25, 0.3) is 0 Å². The lowest BCUT2D eigenvalue weighted by Gasteiger charge is -2.40. The van der Waals surface area contributed by atoms with Crippen molar-refractivity contribution in [2.75, 3.05) is 56.7 Å². The van der Waals surface area contributed by atoms with E-state index in [0.29, 0.717) is 22.4 Å². The maximum absolute atomic E-state index is 13.9. The van der Waals surface area contributed by atoms with Gasteiger partial charge in [0.05, 0.1) is 25.7 Å². The zero-order valence-electron chi connectivity index (χ0n) is 27.1. The number of methoxy groups -OCH3 is 1. The molecule has 2 fully saturated rings. The highest BCUT2D eigenvalue weighted by molar-refractivity contribution is 6.30. The number of carbonyl (C=O) groups excluding carboxylic acids is 1. The first-order valence-corrected chi connectivity index (χ1v) is 16.9. The van der Waals surface area contributed by atoms with Crippen LogP contribution in [0.5, 0.6) is 11.5 Å². The van der Waals surface area contributed by atoms with Gasteiger partial charge < -0.3 is 24.6 Å². The molecule has 1 saturated heterocycles. The zero-order chi connectivity index (χ0) is 31.5. The lowest BCUT2D eigenvalue weighted by atomic mass is 9.84. The molecule has 240 valence electrons. The summed E-state index contributed by atoms with van der Waals surface area (Å²) in [5, 5.41) is 4.14. The highest BCUT2D eigenvalue weighted by atomic mass is 35.5. The van der Waals surface area contributed by atoms with Crippen LogP contribution in [0.15, 0.2) is 60.7 Å². The van der Waals surface area contributed by atoms with Gasteiger partial charge in [0.15, 0.2) is 11.5 Å². The van der Waals surface area contributed by atoms with E-state index >= 15 is 0 Å². The van der Waals surface area contributed by atoms with E-state index in [9.17, 15) is 4.79 Å². The molecule has 3 aromatic carbocycles. The van der Waals surface area contributed by atoms with Gasteiger partial charge in [0.1, 0.15) is 0 Å². The molecule has 8 heteroatoms. The molecule has 0 bridgehead atoms. The van der Waals surface area contributed by atoms with Gasteiger partial charge in [0.2, 0.25) is 5.91 Å². The Morgan fingerprint density at radius 3 is 2.29 bits per heavy atom. The molecule has 3 aliphatic rings. The summed E-state index contributed by atoms with van der Waals surface area (Å²) in [5.74, 6) is 2.08. The van der Waals surface area contributed by atoms with Crippen molar-refractivity contribution in [2.24, 2.45) is 5.92 Å². The highest BCUT2D eigenvalue weighted by Gasteiger charge is 2.36. The number of carbonyl (C=O) groups is 1. The van der Waals surface area contributed by atoms with Crippen molar-refractivity contribution in [1.82, 2.24) is 10.2 Å². The summed E-state index contributed by atoms with van der Waals surface area (Å²) >= 11 is 6.29. The van der Waals surface area contributed by atoms with Crippen molar-refractivity contribution < 1.29 is 14.3 Å². The minimum atomic E-state index is -0.326. The first kappa shape index (κ1) is 31.7. The highest BCUT2D eigenvalue weighted by Crippen LogP contribution is 2.44. The molecule has 1 aliphatic carbocycles. The smallest absolute Gasteiger partial charge is 0.232 e. The molecule has 6 rings (SSSR count). The molecule has 0 aromatic heterocycles. The Bertz CT molecular complexity index is 1450. The molecule has 0 spiro atoms. The zero-order valence-corrected chi connectivity index (χ0v) is 27.9. The van der Waals surface area contributed by atoms with Gasteiger partial charge in [-0.1, -0.05) is 23.7 Å². The third kappa shape index (κ3) is 7.11. The molecular weight excluding hydrogens is 584 g/mol. The minimum Gasteiger partial charge on any atom is -0.493 e. The average molecular weight is 631 g/mol. The van der Waals surface area contributed by atoms with Crippen molar-refractivity contribution in [2.45, 2.75) is 64.1 Å². The number of nitrogens with one attached hydrogen (secondary N) is 1. The summed E-state index contributed by atoms with van der Waals surface area (Å²) < 4.78 is 11.8. The Kier molecular flexibility index (Phi) is 9.88. The van der Waals surface area contributed by atoms with Crippen LogP contribution >= 0.6 is 11.6 Å². The molecular formula is C37H47ClN4O3. The molecule has 2 aliphatic heterocycles. The van der Waals surface area contributed by atoms with E-state index in [2.05, 4.69) is 46.4 Å². The second kappa shape index (κ2) is 14.0. The largest absolute Gasteiger partial charge is 0.493 e. The van der Waals surface area contributed by atoms with Gasteiger partial charge in [-0.05, 0) is 111 Å². The standard InChI is InChI=1S/C37H47ClN4O3/c1-25(2)45-35-23-33-28(21-34(35)44-4)22-36(43)42(37(33)27-7-9-29(38)10-8-27)32-15-13-30(14-16-32)40(3)24-26-5-11-31(12-6-26)41-19-17-39-18-20-41/h7-10,13-16,21,23,25-26,31,37,39H,5-6,11-12,17-20,22,24H2,1-4H3/t26-,31-,37-/m0/s1. The first-order chi connectivity index (χ1) is 21.8. The lowest BCUT2D eigenvalue weighted by molar-refractivity contribution is -0.118. The van der Waals surface area contributed by atoms with Crippen molar-refractivity contribution in [1.29, 1.82) is 0 Å². The van der Waals surface area contributed by atoms with E-state index in [0.717, 1.165) is 48.1 Å². The Morgan fingerprint density at radius 2 is 1.64 bits per heavy atom. The molecule has 3 aromatic rings. The first-order valence-electron chi connectivity index (χ1n) is 16.5. The van der Waals surface area contributed by atoms with Crippen LogP contribution in [0.25, 0.3) is 0 Å². The van der Waals surface area contributed by atoms with Crippen LogP contribution in [0.3, 0.4) is 0 Å². The fraction of sp³-hybridized carbons (Fsp3) is 0.486. The molecule has 1 saturated carbocycles. The molecule has 2 heterocycles. The van der Waals surface area contributed by atoms with E-state index < -0.39 is 0 Å². The van der Waals surface area contributed by atoms with Gasteiger partial charge in [-0.3, -0.25) is 9.69 Å². The van der Waals surface area contributed by atoms with Crippen molar-refractivity contribution >= 4 is 28.9 Å².